The van der Waals surface area contributed by atoms with Gasteiger partial charge in [0, 0.05) is 12.0 Å². The summed E-state index contributed by atoms with van der Waals surface area (Å²) in [6, 6.07) is 7.09. The van der Waals surface area contributed by atoms with Crippen LogP contribution in [0, 0.1) is 17.5 Å². The van der Waals surface area contributed by atoms with Crippen molar-refractivity contribution in [3.63, 3.8) is 0 Å². The van der Waals surface area contributed by atoms with E-state index in [2.05, 4.69) is 0 Å². The molecule has 2 aromatic carbocycles. The standard InChI is InChI=1S/C14H10ClF3O/c15-11-3-1-2-8(14(11)18)6-13(19)10-7-9(16)4-5-12(10)17/h1-5,7,13,19H,6H2. The third-order valence-corrected chi connectivity index (χ3v) is 3.05. The van der Waals surface area contributed by atoms with Gasteiger partial charge in [-0.25, -0.2) is 13.2 Å². The van der Waals surface area contributed by atoms with Crippen LogP contribution in [0.1, 0.15) is 17.2 Å². The van der Waals surface area contributed by atoms with Gasteiger partial charge in [0.25, 0.3) is 0 Å². The fourth-order valence-electron chi connectivity index (χ4n) is 1.79. The van der Waals surface area contributed by atoms with Crippen molar-refractivity contribution in [1.82, 2.24) is 0 Å². The van der Waals surface area contributed by atoms with Crippen molar-refractivity contribution in [2.24, 2.45) is 0 Å². The minimum absolute atomic E-state index is 0.0792. The highest BCUT2D eigenvalue weighted by Gasteiger charge is 2.17. The second kappa shape index (κ2) is 5.63. The van der Waals surface area contributed by atoms with Gasteiger partial charge in [-0.05, 0) is 29.8 Å². The molecule has 1 atom stereocenters. The van der Waals surface area contributed by atoms with Crippen LogP contribution >= 0.6 is 11.6 Å². The number of rotatable bonds is 3. The summed E-state index contributed by atoms with van der Waals surface area (Å²) in [5, 5.41) is 9.80. The molecular weight excluding hydrogens is 277 g/mol. The zero-order valence-corrected chi connectivity index (χ0v) is 10.5. The molecule has 2 aromatic rings. The van der Waals surface area contributed by atoms with E-state index in [1.54, 1.807) is 0 Å². The normalized spacial score (nSPS) is 12.5. The molecule has 0 aliphatic heterocycles. The minimum atomic E-state index is -1.34. The molecule has 0 amide bonds. The lowest BCUT2D eigenvalue weighted by Crippen LogP contribution is -2.06. The first kappa shape index (κ1) is 13.9. The maximum atomic E-state index is 13.6. The Morgan fingerprint density at radius 1 is 1.11 bits per heavy atom. The first-order valence-electron chi connectivity index (χ1n) is 5.55. The lowest BCUT2D eigenvalue weighted by molar-refractivity contribution is 0.172. The Labute approximate surface area is 113 Å². The van der Waals surface area contributed by atoms with Gasteiger partial charge in [0.05, 0.1) is 11.1 Å². The fraction of sp³-hybridized carbons (Fsp3) is 0.143. The van der Waals surface area contributed by atoms with Crippen LogP contribution in [0.15, 0.2) is 36.4 Å². The van der Waals surface area contributed by atoms with Gasteiger partial charge in [0.2, 0.25) is 0 Å². The predicted molar refractivity (Wildman–Crippen MR) is 66.4 cm³/mol. The largest absolute Gasteiger partial charge is 0.388 e. The minimum Gasteiger partial charge on any atom is -0.388 e. The number of aliphatic hydroxyl groups is 1. The quantitative estimate of drug-likeness (QED) is 0.903. The van der Waals surface area contributed by atoms with Crippen LogP contribution < -0.4 is 0 Å². The van der Waals surface area contributed by atoms with Gasteiger partial charge in [0.1, 0.15) is 17.5 Å². The van der Waals surface area contributed by atoms with E-state index in [9.17, 15) is 18.3 Å². The topological polar surface area (TPSA) is 20.2 Å². The summed E-state index contributed by atoms with van der Waals surface area (Å²) in [5.41, 5.74) is -0.0666. The van der Waals surface area contributed by atoms with Gasteiger partial charge in [-0.15, -0.1) is 0 Å². The van der Waals surface area contributed by atoms with E-state index in [0.717, 1.165) is 18.2 Å². The predicted octanol–water partition coefficient (Wildman–Crippen LogP) is 4.03. The van der Waals surface area contributed by atoms with E-state index in [-0.39, 0.29) is 22.6 Å². The molecule has 0 saturated heterocycles. The Kier molecular flexibility index (Phi) is 4.12. The van der Waals surface area contributed by atoms with E-state index in [4.69, 9.17) is 11.6 Å². The molecule has 0 spiro atoms. The van der Waals surface area contributed by atoms with Gasteiger partial charge in [-0.3, -0.25) is 0 Å². The molecule has 100 valence electrons. The molecule has 0 fully saturated rings. The lowest BCUT2D eigenvalue weighted by atomic mass is 10.0. The second-order valence-corrected chi connectivity index (χ2v) is 4.51. The van der Waals surface area contributed by atoms with Gasteiger partial charge in [0.15, 0.2) is 0 Å². The molecule has 0 radical (unpaired) electrons. The summed E-state index contributed by atoms with van der Waals surface area (Å²) in [6.45, 7) is 0. The summed E-state index contributed by atoms with van der Waals surface area (Å²) in [7, 11) is 0. The Balaban J connectivity index is 2.28. The highest BCUT2D eigenvalue weighted by Crippen LogP contribution is 2.25. The van der Waals surface area contributed by atoms with Crippen molar-refractivity contribution in [1.29, 1.82) is 0 Å². The number of benzene rings is 2. The molecule has 19 heavy (non-hydrogen) atoms. The van der Waals surface area contributed by atoms with Crippen LogP contribution in [0.4, 0.5) is 13.2 Å². The van der Waals surface area contributed by atoms with E-state index in [1.165, 1.54) is 18.2 Å². The zero-order valence-electron chi connectivity index (χ0n) is 9.71. The molecule has 2 rings (SSSR count). The van der Waals surface area contributed by atoms with Crippen molar-refractivity contribution >= 4 is 11.6 Å². The first-order chi connectivity index (χ1) is 8.99. The average Bonchev–Trinajstić information content (AvgIpc) is 2.38. The summed E-state index contributed by atoms with van der Waals surface area (Å²) >= 11 is 5.61. The molecule has 0 aliphatic rings. The van der Waals surface area contributed by atoms with Crippen LogP contribution in [0.2, 0.25) is 5.02 Å². The van der Waals surface area contributed by atoms with Crippen LogP contribution in [0.25, 0.3) is 0 Å². The van der Waals surface area contributed by atoms with E-state index < -0.39 is 23.6 Å². The second-order valence-electron chi connectivity index (χ2n) is 4.10. The Morgan fingerprint density at radius 3 is 2.58 bits per heavy atom. The number of aliphatic hydroxyl groups excluding tert-OH is 1. The van der Waals surface area contributed by atoms with Gasteiger partial charge in [-0.1, -0.05) is 23.7 Å². The maximum absolute atomic E-state index is 13.6. The van der Waals surface area contributed by atoms with Crippen LogP contribution in [0.5, 0.6) is 0 Å². The number of halogens is 4. The summed E-state index contributed by atoms with van der Waals surface area (Å²) in [5.74, 6) is -2.07. The third-order valence-electron chi connectivity index (χ3n) is 2.76. The number of hydrogen-bond acceptors (Lipinski definition) is 1. The highest BCUT2D eigenvalue weighted by molar-refractivity contribution is 6.30. The first-order valence-corrected chi connectivity index (χ1v) is 5.92. The zero-order chi connectivity index (χ0) is 14.0. The Bertz CT molecular complexity index is 601. The molecular formula is C14H10ClF3O. The Hall–Kier alpha value is -1.52. The summed E-state index contributed by atoms with van der Waals surface area (Å²) in [4.78, 5) is 0. The van der Waals surface area contributed by atoms with E-state index in [1.807, 2.05) is 0 Å². The SMILES string of the molecule is OC(Cc1cccc(Cl)c1F)c1cc(F)ccc1F. The highest BCUT2D eigenvalue weighted by atomic mass is 35.5. The molecule has 0 aromatic heterocycles. The number of hydrogen-bond donors (Lipinski definition) is 1. The van der Waals surface area contributed by atoms with Gasteiger partial charge >= 0.3 is 0 Å². The van der Waals surface area contributed by atoms with E-state index >= 15 is 0 Å². The molecule has 1 nitrogen and oxygen atoms in total. The van der Waals surface area contributed by atoms with Crippen molar-refractivity contribution in [2.75, 3.05) is 0 Å². The summed E-state index contributed by atoms with van der Waals surface area (Å²) in [6.07, 6.45) is -1.53. The van der Waals surface area contributed by atoms with E-state index in [0.29, 0.717) is 0 Å². The molecule has 0 aliphatic carbocycles. The lowest BCUT2D eigenvalue weighted by Gasteiger charge is -2.13. The molecule has 1 unspecified atom stereocenters. The fourth-order valence-corrected chi connectivity index (χ4v) is 1.99. The van der Waals surface area contributed by atoms with Gasteiger partial charge < -0.3 is 5.11 Å². The van der Waals surface area contributed by atoms with Crippen molar-refractivity contribution in [3.05, 3.63) is 70.0 Å². The maximum Gasteiger partial charge on any atom is 0.145 e. The van der Waals surface area contributed by atoms with Crippen LogP contribution in [-0.4, -0.2) is 5.11 Å². The average molecular weight is 287 g/mol. The molecule has 0 heterocycles. The van der Waals surface area contributed by atoms with Gasteiger partial charge in [-0.2, -0.15) is 0 Å². The Morgan fingerprint density at radius 2 is 1.84 bits per heavy atom. The molecule has 1 N–H and O–H groups in total. The molecule has 0 bridgehead atoms. The van der Waals surface area contributed by atoms with Crippen molar-refractivity contribution < 1.29 is 18.3 Å². The third kappa shape index (κ3) is 3.08. The monoisotopic (exact) mass is 286 g/mol. The van der Waals surface area contributed by atoms with Crippen LogP contribution in [-0.2, 0) is 6.42 Å². The molecule has 0 saturated carbocycles. The van der Waals surface area contributed by atoms with Crippen LogP contribution in [0.3, 0.4) is 0 Å². The van der Waals surface area contributed by atoms with Crippen molar-refractivity contribution in [3.8, 4) is 0 Å². The summed E-state index contributed by atoms with van der Waals surface area (Å²) < 4.78 is 40.1. The smallest absolute Gasteiger partial charge is 0.145 e. The van der Waals surface area contributed by atoms with Crippen molar-refractivity contribution in [2.45, 2.75) is 12.5 Å². The molecule has 5 heteroatoms.